The first-order chi connectivity index (χ1) is 13.2. The highest BCUT2D eigenvalue weighted by Crippen LogP contribution is 2.37. The monoisotopic (exact) mass is 356 g/mol. The molecule has 0 saturated carbocycles. The van der Waals surface area contributed by atoms with Gasteiger partial charge in [-0.1, -0.05) is 78.9 Å². The molecule has 3 aromatic carbocycles. The molecule has 4 rings (SSSR count). The van der Waals surface area contributed by atoms with Gasteiger partial charge in [0.15, 0.2) is 0 Å². The van der Waals surface area contributed by atoms with Crippen LogP contribution < -0.4 is 10.2 Å². The molecule has 1 N–H and O–H groups in total. The molecule has 3 aromatic rings. The zero-order chi connectivity index (χ0) is 18.6. The van der Waals surface area contributed by atoms with Gasteiger partial charge in [-0.15, -0.1) is 0 Å². The fourth-order valence-corrected chi connectivity index (χ4v) is 3.63. The van der Waals surface area contributed by atoms with Crippen LogP contribution >= 0.6 is 0 Å². The molecule has 0 unspecified atom stereocenters. The van der Waals surface area contributed by atoms with Crippen molar-refractivity contribution in [1.82, 2.24) is 5.32 Å². The maximum absolute atomic E-state index is 13.1. The Labute approximate surface area is 158 Å². The van der Waals surface area contributed by atoms with Crippen molar-refractivity contribution in [1.29, 1.82) is 0 Å². The van der Waals surface area contributed by atoms with E-state index >= 15 is 0 Å². The molecule has 1 fully saturated rings. The van der Waals surface area contributed by atoms with Crippen LogP contribution in [0, 0.1) is 0 Å². The lowest BCUT2D eigenvalue weighted by Crippen LogP contribution is -2.42. The molecular weight excluding hydrogens is 336 g/mol. The number of benzene rings is 3. The molecule has 0 radical (unpaired) electrons. The molecule has 4 nitrogen and oxygen atoms in total. The second-order valence-electron chi connectivity index (χ2n) is 6.62. The van der Waals surface area contributed by atoms with Gasteiger partial charge in [0.05, 0.1) is 11.7 Å². The molecular formula is C23H20N2O2. The van der Waals surface area contributed by atoms with Crippen LogP contribution in [-0.2, 0) is 4.79 Å². The molecule has 0 aromatic heterocycles. The zero-order valence-corrected chi connectivity index (χ0v) is 14.8. The van der Waals surface area contributed by atoms with Crippen LogP contribution in [0.25, 0.3) is 0 Å². The smallest absolute Gasteiger partial charge is 0.329 e. The summed E-state index contributed by atoms with van der Waals surface area (Å²) in [5, 5.41) is 3.09. The Kier molecular flexibility index (Phi) is 4.71. The van der Waals surface area contributed by atoms with Crippen molar-refractivity contribution in [2.45, 2.75) is 18.4 Å². The number of carbonyl (C=O) groups is 2. The summed E-state index contributed by atoms with van der Waals surface area (Å²) < 4.78 is 0. The van der Waals surface area contributed by atoms with E-state index < -0.39 is 6.03 Å². The van der Waals surface area contributed by atoms with Gasteiger partial charge in [0.2, 0.25) is 5.91 Å². The fourth-order valence-electron chi connectivity index (χ4n) is 3.63. The summed E-state index contributed by atoms with van der Waals surface area (Å²) in [5.74, 6) is -0.343. The van der Waals surface area contributed by atoms with Crippen molar-refractivity contribution < 1.29 is 9.59 Å². The van der Waals surface area contributed by atoms with Crippen molar-refractivity contribution in [2.75, 3.05) is 4.90 Å². The standard InChI is InChI=1S/C23H20N2O2/c26-21-16-20(17-10-4-1-5-11-17)22(18-12-6-2-7-13-18)24-23(27)25(21)19-14-8-3-9-15-19/h1-15,20,22H,16H2,(H,24,27)/t20-,22-/m0/s1. The van der Waals surface area contributed by atoms with E-state index in [-0.39, 0.29) is 24.3 Å². The molecule has 0 spiro atoms. The first-order valence-corrected chi connectivity index (χ1v) is 9.02. The highest BCUT2D eigenvalue weighted by atomic mass is 16.2. The number of amides is 3. The summed E-state index contributed by atoms with van der Waals surface area (Å²) in [6.45, 7) is 0. The molecule has 1 aliphatic heterocycles. The second-order valence-corrected chi connectivity index (χ2v) is 6.62. The molecule has 27 heavy (non-hydrogen) atoms. The first-order valence-electron chi connectivity index (χ1n) is 9.02. The minimum atomic E-state index is -0.390. The summed E-state index contributed by atoms with van der Waals surface area (Å²) in [6.07, 6.45) is 0.247. The Morgan fingerprint density at radius 2 is 1.22 bits per heavy atom. The summed E-state index contributed by atoms with van der Waals surface area (Å²) in [7, 11) is 0. The average Bonchev–Trinajstić information content (AvgIpc) is 2.85. The third-order valence-electron chi connectivity index (χ3n) is 4.93. The number of imide groups is 1. The summed E-state index contributed by atoms with van der Waals surface area (Å²) in [5.41, 5.74) is 2.61. The van der Waals surface area contributed by atoms with E-state index in [4.69, 9.17) is 0 Å². The molecule has 1 saturated heterocycles. The van der Waals surface area contributed by atoms with E-state index in [1.807, 2.05) is 78.9 Å². The lowest BCUT2D eigenvalue weighted by atomic mass is 9.85. The summed E-state index contributed by atoms with van der Waals surface area (Å²) in [4.78, 5) is 27.3. The Morgan fingerprint density at radius 1 is 0.704 bits per heavy atom. The minimum Gasteiger partial charge on any atom is -0.330 e. The van der Waals surface area contributed by atoms with E-state index in [1.165, 1.54) is 4.90 Å². The molecule has 1 aliphatic rings. The number of hydrogen-bond donors (Lipinski definition) is 1. The number of para-hydroxylation sites is 1. The van der Waals surface area contributed by atoms with Crippen LogP contribution in [-0.4, -0.2) is 11.9 Å². The van der Waals surface area contributed by atoms with Crippen molar-refractivity contribution in [3.63, 3.8) is 0 Å². The first kappa shape index (κ1) is 17.0. The van der Waals surface area contributed by atoms with Crippen LogP contribution in [0.4, 0.5) is 10.5 Å². The van der Waals surface area contributed by atoms with Crippen molar-refractivity contribution >= 4 is 17.6 Å². The molecule has 2 atom stereocenters. The van der Waals surface area contributed by atoms with Gasteiger partial charge in [0.25, 0.3) is 0 Å². The van der Waals surface area contributed by atoms with Gasteiger partial charge in [-0.25, -0.2) is 9.69 Å². The zero-order valence-electron chi connectivity index (χ0n) is 14.8. The molecule has 4 heteroatoms. The highest BCUT2D eigenvalue weighted by Gasteiger charge is 2.37. The number of urea groups is 1. The summed E-state index contributed by atoms with van der Waals surface area (Å²) in [6, 6.07) is 28.1. The van der Waals surface area contributed by atoms with Gasteiger partial charge >= 0.3 is 6.03 Å². The molecule has 3 amide bonds. The predicted octanol–water partition coefficient (Wildman–Crippen LogP) is 4.66. The van der Waals surface area contributed by atoms with Crippen molar-refractivity contribution in [3.8, 4) is 0 Å². The SMILES string of the molecule is O=C1C[C@@H](c2ccccc2)[C@H](c2ccccc2)NC(=O)N1c1ccccc1. The topological polar surface area (TPSA) is 49.4 Å². The van der Waals surface area contributed by atoms with E-state index in [2.05, 4.69) is 5.32 Å². The van der Waals surface area contributed by atoms with Gasteiger partial charge in [-0.3, -0.25) is 4.79 Å². The quantitative estimate of drug-likeness (QED) is 0.742. The second kappa shape index (κ2) is 7.46. The minimum absolute atomic E-state index is 0.140. The molecule has 134 valence electrons. The molecule has 1 heterocycles. The number of anilines is 1. The Balaban J connectivity index is 1.77. The third kappa shape index (κ3) is 3.47. The van der Waals surface area contributed by atoms with Crippen LogP contribution in [0.15, 0.2) is 91.0 Å². The average molecular weight is 356 g/mol. The van der Waals surface area contributed by atoms with Crippen LogP contribution in [0.1, 0.15) is 29.5 Å². The van der Waals surface area contributed by atoms with E-state index in [0.717, 1.165) is 11.1 Å². The van der Waals surface area contributed by atoms with Crippen LogP contribution in [0.2, 0.25) is 0 Å². The maximum atomic E-state index is 13.1. The van der Waals surface area contributed by atoms with E-state index in [9.17, 15) is 9.59 Å². The van der Waals surface area contributed by atoms with E-state index in [1.54, 1.807) is 12.1 Å². The van der Waals surface area contributed by atoms with Gasteiger partial charge < -0.3 is 5.32 Å². The van der Waals surface area contributed by atoms with Gasteiger partial charge in [0, 0.05) is 12.3 Å². The Hall–Kier alpha value is -3.40. The lowest BCUT2D eigenvalue weighted by molar-refractivity contribution is -0.118. The maximum Gasteiger partial charge on any atom is 0.329 e. The largest absolute Gasteiger partial charge is 0.330 e. The number of rotatable bonds is 3. The fraction of sp³-hybridized carbons (Fsp3) is 0.130. The van der Waals surface area contributed by atoms with Gasteiger partial charge in [-0.2, -0.15) is 0 Å². The molecule has 0 bridgehead atoms. The number of nitrogens with one attached hydrogen (secondary N) is 1. The van der Waals surface area contributed by atoms with Crippen molar-refractivity contribution in [3.05, 3.63) is 102 Å². The normalized spacial score (nSPS) is 20.1. The summed E-state index contributed by atoms with van der Waals surface area (Å²) >= 11 is 0. The van der Waals surface area contributed by atoms with Gasteiger partial charge in [0.1, 0.15) is 0 Å². The van der Waals surface area contributed by atoms with Crippen molar-refractivity contribution in [2.24, 2.45) is 0 Å². The third-order valence-corrected chi connectivity index (χ3v) is 4.93. The predicted molar refractivity (Wildman–Crippen MR) is 105 cm³/mol. The van der Waals surface area contributed by atoms with Crippen LogP contribution in [0.3, 0.4) is 0 Å². The number of carbonyl (C=O) groups excluding carboxylic acids is 2. The van der Waals surface area contributed by atoms with Gasteiger partial charge in [-0.05, 0) is 23.3 Å². The van der Waals surface area contributed by atoms with E-state index in [0.29, 0.717) is 5.69 Å². The number of nitrogens with zero attached hydrogens (tertiary/aromatic N) is 1. The lowest BCUT2D eigenvalue weighted by Gasteiger charge is -2.25. The Morgan fingerprint density at radius 3 is 1.81 bits per heavy atom. The van der Waals surface area contributed by atoms with Crippen LogP contribution in [0.5, 0.6) is 0 Å². The molecule has 0 aliphatic carbocycles. The number of hydrogen-bond acceptors (Lipinski definition) is 2. The Bertz CT molecular complexity index is 867. The highest BCUT2D eigenvalue weighted by molar-refractivity contribution is 6.15.